The van der Waals surface area contributed by atoms with Crippen LogP contribution < -0.4 is 0 Å². The lowest BCUT2D eigenvalue weighted by molar-refractivity contribution is 0.210. The van der Waals surface area contributed by atoms with Crippen molar-refractivity contribution in [2.45, 2.75) is 18.9 Å². The van der Waals surface area contributed by atoms with Crippen molar-refractivity contribution in [3.63, 3.8) is 0 Å². The van der Waals surface area contributed by atoms with Gasteiger partial charge in [-0.2, -0.15) is 5.10 Å². The second-order valence-electron chi connectivity index (χ2n) is 6.36. The highest BCUT2D eigenvalue weighted by Crippen LogP contribution is 2.29. The standard InChI is InChI=1S/C20H20N4O2/c1-24-12-15(11-22-24)14-9-19-17(21-10-14)6-7-18(23-19)20(25)13-4-3-5-16(8-13)26-2/h4,6-12,20,25H,3,5H2,1-2H3. The molecule has 1 atom stereocenters. The summed E-state index contributed by atoms with van der Waals surface area (Å²) in [4.78, 5) is 9.12. The van der Waals surface area contributed by atoms with E-state index in [1.807, 2.05) is 49.8 Å². The van der Waals surface area contributed by atoms with Crippen LogP contribution >= 0.6 is 0 Å². The van der Waals surface area contributed by atoms with Crippen LogP contribution in [0.15, 0.2) is 60.3 Å². The predicted octanol–water partition coefficient (Wildman–Crippen LogP) is 3.31. The maximum atomic E-state index is 10.7. The molecule has 0 spiro atoms. The maximum Gasteiger partial charge on any atom is 0.121 e. The minimum atomic E-state index is -0.785. The highest BCUT2D eigenvalue weighted by atomic mass is 16.5. The Morgan fingerprint density at radius 1 is 1.19 bits per heavy atom. The Kier molecular flexibility index (Phi) is 4.26. The SMILES string of the molecule is COC1=CC(C(O)c2ccc3ncc(-c4cnn(C)c4)cc3n2)=CCC1. The van der Waals surface area contributed by atoms with Gasteiger partial charge in [-0.25, -0.2) is 4.98 Å². The van der Waals surface area contributed by atoms with Gasteiger partial charge in [0.05, 0.1) is 35.8 Å². The quantitative estimate of drug-likeness (QED) is 0.783. The van der Waals surface area contributed by atoms with Crippen molar-refractivity contribution in [2.75, 3.05) is 7.11 Å². The summed E-state index contributed by atoms with van der Waals surface area (Å²) in [6, 6.07) is 5.68. The molecule has 1 N–H and O–H groups in total. The predicted molar refractivity (Wildman–Crippen MR) is 99.1 cm³/mol. The van der Waals surface area contributed by atoms with Crippen LogP contribution in [0.25, 0.3) is 22.2 Å². The summed E-state index contributed by atoms with van der Waals surface area (Å²) < 4.78 is 7.07. The summed E-state index contributed by atoms with van der Waals surface area (Å²) in [5.74, 6) is 0.878. The van der Waals surface area contributed by atoms with Crippen molar-refractivity contribution < 1.29 is 9.84 Å². The Labute approximate surface area is 151 Å². The van der Waals surface area contributed by atoms with Crippen LogP contribution in [-0.4, -0.2) is 32.0 Å². The molecular formula is C20H20N4O2. The van der Waals surface area contributed by atoms with Gasteiger partial charge in [0, 0.05) is 37.0 Å². The second-order valence-corrected chi connectivity index (χ2v) is 6.36. The fraction of sp³-hybridized carbons (Fsp3) is 0.250. The molecule has 0 saturated carbocycles. The summed E-state index contributed by atoms with van der Waals surface area (Å²) in [5.41, 5.74) is 4.88. The average Bonchev–Trinajstić information content (AvgIpc) is 3.13. The molecule has 0 aliphatic heterocycles. The normalized spacial score (nSPS) is 15.5. The van der Waals surface area contributed by atoms with E-state index in [0.717, 1.165) is 46.3 Å². The summed E-state index contributed by atoms with van der Waals surface area (Å²) in [5, 5.41) is 14.9. The molecule has 26 heavy (non-hydrogen) atoms. The topological polar surface area (TPSA) is 73.1 Å². The summed E-state index contributed by atoms with van der Waals surface area (Å²) in [6.07, 6.45) is 10.4. The van der Waals surface area contributed by atoms with Crippen LogP contribution in [0.1, 0.15) is 24.6 Å². The van der Waals surface area contributed by atoms with Crippen LogP contribution in [0.5, 0.6) is 0 Å². The van der Waals surface area contributed by atoms with Gasteiger partial charge in [0.2, 0.25) is 0 Å². The van der Waals surface area contributed by atoms with Gasteiger partial charge in [-0.05, 0) is 36.3 Å². The van der Waals surface area contributed by atoms with Gasteiger partial charge in [0.1, 0.15) is 6.10 Å². The Morgan fingerprint density at radius 3 is 2.85 bits per heavy atom. The number of methoxy groups -OCH3 is 1. The van der Waals surface area contributed by atoms with E-state index in [4.69, 9.17) is 4.74 Å². The number of allylic oxidation sites excluding steroid dienone is 2. The number of hydrogen-bond donors (Lipinski definition) is 1. The summed E-state index contributed by atoms with van der Waals surface area (Å²) in [7, 11) is 3.53. The van der Waals surface area contributed by atoms with Crippen LogP contribution in [-0.2, 0) is 11.8 Å². The number of nitrogens with zero attached hydrogens (tertiary/aromatic N) is 4. The number of rotatable bonds is 4. The van der Waals surface area contributed by atoms with Crippen molar-refractivity contribution in [3.8, 4) is 11.1 Å². The van der Waals surface area contributed by atoms with E-state index in [1.54, 1.807) is 18.0 Å². The molecule has 0 saturated heterocycles. The first-order valence-electron chi connectivity index (χ1n) is 8.52. The van der Waals surface area contributed by atoms with E-state index < -0.39 is 6.10 Å². The van der Waals surface area contributed by atoms with Crippen LogP contribution in [0.4, 0.5) is 0 Å². The minimum Gasteiger partial charge on any atom is -0.501 e. The smallest absolute Gasteiger partial charge is 0.121 e. The highest BCUT2D eigenvalue weighted by molar-refractivity contribution is 5.80. The number of fused-ring (bicyclic) bond motifs is 1. The third-order valence-corrected chi connectivity index (χ3v) is 4.55. The monoisotopic (exact) mass is 348 g/mol. The second kappa shape index (κ2) is 6.72. The largest absolute Gasteiger partial charge is 0.501 e. The Bertz CT molecular complexity index is 1020. The average molecular weight is 348 g/mol. The molecule has 0 radical (unpaired) electrons. The molecule has 1 aliphatic carbocycles. The molecule has 1 unspecified atom stereocenters. The fourth-order valence-electron chi connectivity index (χ4n) is 3.12. The van der Waals surface area contributed by atoms with Gasteiger partial charge in [0.25, 0.3) is 0 Å². The number of hydrogen-bond acceptors (Lipinski definition) is 5. The van der Waals surface area contributed by atoms with E-state index in [2.05, 4.69) is 15.1 Å². The lowest BCUT2D eigenvalue weighted by atomic mass is 9.98. The molecule has 3 aromatic heterocycles. The number of ether oxygens (including phenoxy) is 1. The number of aliphatic hydroxyl groups excluding tert-OH is 1. The Hall–Kier alpha value is -2.99. The zero-order valence-electron chi connectivity index (χ0n) is 14.8. The first-order chi connectivity index (χ1) is 12.6. The summed E-state index contributed by atoms with van der Waals surface area (Å²) in [6.45, 7) is 0. The van der Waals surface area contributed by atoms with Crippen molar-refractivity contribution in [1.29, 1.82) is 0 Å². The molecule has 4 rings (SSSR count). The molecular weight excluding hydrogens is 328 g/mol. The van der Waals surface area contributed by atoms with Gasteiger partial charge in [-0.15, -0.1) is 0 Å². The maximum absolute atomic E-state index is 10.7. The lowest BCUT2D eigenvalue weighted by Gasteiger charge is -2.17. The van der Waals surface area contributed by atoms with Crippen LogP contribution in [0.3, 0.4) is 0 Å². The molecule has 3 aromatic rings. The molecule has 132 valence electrons. The van der Waals surface area contributed by atoms with Crippen molar-refractivity contribution in [3.05, 3.63) is 66.0 Å². The van der Waals surface area contributed by atoms with Crippen LogP contribution in [0.2, 0.25) is 0 Å². The number of pyridine rings is 2. The van der Waals surface area contributed by atoms with Crippen molar-refractivity contribution >= 4 is 11.0 Å². The molecule has 0 fully saturated rings. The van der Waals surface area contributed by atoms with E-state index in [9.17, 15) is 5.11 Å². The highest BCUT2D eigenvalue weighted by Gasteiger charge is 2.17. The Morgan fingerprint density at radius 2 is 2.08 bits per heavy atom. The zero-order chi connectivity index (χ0) is 18.1. The van der Waals surface area contributed by atoms with E-state index >= 15 is 0 Å². The Balaban J connectivity index is 1.70. The number of aromatic nitrogens is 4. The van der Waals surface area contributed by atoms with Crippen molar-refractivity contribution in [1.82, 2.24) is 19.7 Å². The molecule has 0 bridgehead atoms. The van der Waals surface area contributed by atoms with E-state index in [1.165, 1.54) is 0 Å². The number of aryl methyl sites for hydroxylation is 1. The lowest BCUT2D eigenvalue weighted by Crippen LogP contribution is -2.06. The van der Waals surface area contributed by atoms with Gasteiger partial charge in [0.15, 0.2) is 0 Å². The molecule has 1 aliphatic rings. The molecule has 0 amide bonds. The molecule has 6 heteroatoms. The molecule has 3 heterocycles. The number of aliphatic hydroxyl groups is 1. The van der Waals surface area contributed by atoms with E-state index in [0.29, 0.717) is 5.69 Å². The third kappa shape index (κ3) is 3.11. The minimum absolute atomic E-state index is 0.600. The first kappa shape index (κ1) is 16.5. The van der Waals surface area contributed by atoms with Gasteiger partial charge in [-0.1, -0.05) is 6.08 Å². The summed E-state index contributed by atoms with van der Waals surface area (Å²) >= 11 is 0. The van der Waals surface area contributed by atoms with Gasteiger partial charge < -0.3 is 9.84 Å². The van der Waals surface area contributed by atoms with Gasteiger partial charge >= 0.3 is 0 Å². The zero-order valence-corrected chi connectivity index (χ0v) is 14.8. The third-order valence-electron chi connectivity index (χ3n) is 4.55. The molecule has 0 aromatic carbocycles. The van der Waals surface area contributed by atoms with Gasteiger partial charge in [-0.3, -0.25) is 9.67 Å². The van der Waals surface area contributed by atoms with E-state index in [-0.39, 0.29) is 0 Å². The molecule has 6 nitrogen and oxygen atoms in total. The van der Waals surface area contributed by atoms with Crippen LogP contribution in [0, 0.1) is 0 Å². The fourth-order valence-corrected chi connectivity index (χ4v) is 3.12. The van der Waals surface area contributed by atoms with Crippen molar-refractivity contribution in [2.24, 2.45) is 7.05 Å². The first-order valence-corrected chi connectivity index (χ1v) is 8.52.